The second-order valence-corrected chi connectivity index (χ2v) is 5.33. The average molecular weight is 362 g/mol. The summed E-state index contributed by atoms with van der Waals surface area (Å²) in [5, 5.41) is 11.4. The van der Waals surface area contributed by atoms with Crippen molar-refractivity contribution < 1.29 is 23.8 Å². The van der Waals surface area contributed by atoms with E-state index in [1.165, 1.54) is 19.2 Å². The second kappa shape index (κ2) is 8.74. The number of nitrogens with one attached hydrogen (secondary N) is 1. The number of methoxy groups -OCH3 is 1. The van der Waals surface area contributed by atoms with E-state index >= 15 is 0 Å². The minimum Gasteiger partial charge on any atom is -0.480 e. The van der Waals surface area contributed by atoms with Gasteiger partial charge in [0.1, 0.15) is 11.9 Å². The topological polar surface area (TPSA) is 75.6 Å². The minimum atomic E-state index is -1.10. The molecule has 0 saturated heterocycles. The first-order valence-corrected chi connectivity index (χ1v) is 7.18. The molecular weight excluding hydrogens is 345 g/mol. The fourth-order valence-electron chi connectivity index (χ4n) is 1.74. The predicted molar refractivity (Wildman–Crippen MR) is 78.5 cm³/mol. The molecule has 0 aliphatic carbocycles. The lowest BCUT2D eigenvalue weighted by molar-refractivity contribution is -0.142. The number of hydrogen-bond acceptors (Lipinski definition) is 3. The highest BCUT2D eigenvalue weighted by Crippen LogP contribution is 2.19. The molecule has 0 aromatic heterocycles. The number of carbonyl (C=O) groups excluding carboxylic acids is 1. The molecule has 1 unspecified atom stereocenters. The first kappa shape index (κ1) is 17.6. The van der Waals surface area contributed by atoms with Gasteiger partial charge in [0.2, 0.25) is 5.91 Å². The number of aliphatic carboxylic acids is 1. The molecule has 5 nitrogen and oxygen atoms in total. The van der Waals surface area contributed by atoms with E-state index in [0.717, 1.165) is 0 Å². The Morgan fingerprint density at radius 3 is 2.81 bits per heavy atom. The molecule has 116 valence electrons. The molecule has 0 spiro atoms. The summed E-state index contributed by atoms with van der Waals surface area (Å²) < 4.78 is 18.6. The third kappa shape index (κ3) is 6.22. The number of ether oxygens (including phenoxy) is 1. The average Bonchev–Trinajstić information content (AvgIpc) is 2.44. The van der Waals surface area contributed by atoms with Crippen molar-refractivity contribution in [3.8, 4) is 0 Å². The Morgan fingerprint density at radius 2 is 2.19 bits per heavy atom. The van der Waals surface area contributed by atoms with E-state index in [-0.39, 0.29) is 25.3 Å². The number of carboxylic acids is 1. The van der Waals surface area contributed by atoms with E-state index in [4.69, 9.17) is 9.84 Å². The van der Waals surface area contributed by atoms with Crippen LogP contribution in [0.5, 0.6) is 0 Å². The first-order chi connectivity index (χ1) is 9.93. The van der Waals surface area contributed by atoms with Gasteiger partial charge in [-0.2, -0.15) is 0 Å². The number of aryl methyl sites for hydroxylation is 1. The normalized spacial score (nSPS) is 12.0. The van der Waals surface area contributed by atoms with Gasteiger partial charge < -0.3 is 15.2 Å². The lowest BCUT2D eigenvalue weighted by atomic mass is 10.1. The fraction of sp³-hybridized carbons (Fsp3) is 0.429. The van der Waals surface area contributed by atoms with Gasteiger partial charge in [-0.25, -0.2) is 9.18 Å². The molecule has 2 N–H and O–H groups in total. The van der Waals surface area contributed by atoms with Crippen molar-refractivity contribution in [2.24, 2.45) is 0 Å². The van der Waals surface area contributed by atoms with Gasteiger partial charge in [0.25, 0.3) is 0 Å². The monoisotopic (exact) mass is 361 g/mol. The van der Waals surface area contributed by atoms with Crippen molar-refractivity contribution in [3.05, 3.63) is 34.1 Å². The van der Waals surface area contributed by atoms with E-state index in [2.05, 4.69) is 21.2 Å². The lowest BCUT2D eigenvalue weighted by Crippen LogP contribution is -2.41. The Balaban J connectivity index is 2.52. The van der Waals surface area contributed by atoms with Gasteiger partial charge in [0, 0.05) is 31.0 Å². The van der Waals surface area contributed by atoms with Crippen LogP contribution >= 0.6 is 15.9 Å². The maximum absolute atomic E-state index is 13.1. The van der Waals surface area contributed by atoms with Crippen molar-refractivity contribution in [1.82, 2.24) is 5.32 Å². The molecule has 7 heteroatoms. The summed E-state index contributed by atoms with van der Waals surface area (Å²) in [5.41, 5.74) is 0.661. The van der Waals surface area contributed by atoms with Crippen molar-refractivity contribution >= 4 is 27.8 Å². The van der Waals surface area contributed by atoms with Crippen LogP contribution in [0.4, 0.5) is 4.39 Å². The zero-order chi connectivity index (χ0) is 15.8. The fourth-order valence-corrected chi connectivity index (χ4v) is 2.19. The molecule has 0 saturated carbocycles. The molecule has 0 aliphatic rings. The van der Waals surface area contributed by atoms with Crippen LogP contribution in [0.2, 0.25) is 0 Å². The van der Waals surface area contributed by atoms with Crippen LogP contribution in [0.25, 0.3) is 0 Å². The van der Waals surface area contributed by atoms with Crippen LogP contribution in [0.1, 0.15) is 18.4 Å². The summed E-state index contributed by atoms with van der Waals surface area (Å²) in [7, 11) is 1.46. The number of hydrogen-bond donors (Lipinski definition) is 2. The SMILES string of the molecule is COCCC(NC(=O)CCc1cc(F)ccc1Br)C(=O)O. The van der Waals surface area contributed by atoms with Gasteiger partial charge in [-0.3, -0.25) is 4.79 Å². The smallest absolute Gasteiger partial charge is 0.326 e. The van der Waals surface area contributed by atoms with Gasteiger partial charge >= 0.3 is 5.97 Å². The van der Waals surface area contributed by atoms with Crippen LogP contribution < -0.4 is 5.32 Å². The molecule has 1 aromatic carbocycles. The summed E-state index contributed by atoms with van der Waals surface area (Å²) >= 11 is 3.28. The molecule has 0 heterocycles. The van der Waals surface area contributed by atoms with Gasteiger partial charge in [0.05, 0.1) is 0 Å². The Labute approximate surface area is 130 Å². The molecule has 0 bridgehead atoms. The summed E-state index contributed by atoms with van der Waals surface area (Å²) in [6.45, 7) is 0.243. The first-order valence-electron chi connectivity index (χ1n) is 6.39. The highest BCUT2D eigenvalue weighted by atomic mass is 79.9. The molecular formula is C14H17BrFNO4. The number of amides is 1. The number of carbonyl (C=O) groups is 2. The van der Waals surface area contributed by atoms with E-state index in [0.29, 0.717) is 16.5 Å². The molecule has 0 fully saturated rings. The van der Waals surface area contributed by atoms with Crippen molar-refractivity contribution in [3.63, 3.8) is 0 Å². The highest BCUT2D eigenvalue weighted by molar-refractivity contribution is 9.10. The van der Waals surface area contributed by atoms with Crippen molar-refractivity contribution in [2.75, 3.05) is 13.7 Å². The molecule has 1 rings (SSSR count). The largest absolute Gasteiger partial charge is 0.480 e. The summed E-state index contributed by atoms with van der Waals surface area (Å²) in [4.78, 5) is 22.8. The van der Waals surface area contributed by atoms with Crippen molar-refractivity contribution in [1.29, 1.82) is 0 Å². The minimum absolute atomic E-state index is 0.0822. The van der Waals surface area contributed by atoms with Crippen LogP contribution in [0, 0.1) is 5.82 Å². The summed E-state index contributed by atoms with van der Waals surface area (Å²) in [5.74, 6) is -1.88. The van der Waals surface area contributed by atoms with Gasteiger partial charge in [-0.1, -0.05) is 15.9 Å². The van der Waals surface area contributed by atoms with Crippen LogP contribution in [-0.2, 0) is 20.7 Å². The van der Waals surface area contributed by atoms with E-state index in [1.54, 1.807) is 6.07 Å². The summed E-state index contributed by atoms with van der Waals surface area (Å²) in [6.07, 6.45) is 0.598. The zero-order valence-corrected chi connectivity index (χ0v) is 13.2. The van der Waals surface area contributed by atoms with Crippen LogP contribution in [0.15, 0.2) is 22.7 Å². The maximum Gasteiger partial charge on any atom is 0.326 e. The molecule has 21 heavy (non-hydrogen) atoms. The molecule has 1 aromatic rings. The van der Waals surface area contributed by atoms with E-state index < -0.39 is 17.9 Å². The van der Waals surface area contributed by atoms with E-state index in [9.17, 15) is 14.0 Å². The molecule has 0 radical (unpaired) electrons. The van der Waals surface area contributed by atoms with Gasteiger partial charge in [-0.15, -0.1) is 0 Å². The quantitative estimate of drug-likeness (QED) is 0.743. The van der Waals surface area contributed by atoms with E-state index in [1.807, 2.05) is 0 Å². The zero-order valence-electron chi connectivity index (χ0n) is 11.6. The van der Waals surface area contributed by atoms with Gasteiger partial charge in [-0.05, 0) is 30.2 Å². The van der Waals surface area contributed by atoms with Gasteiger partial charge in [0.15, 0.2) is 0 Å². The molecule has 1 amide bonds. The third-order valence-electron chi connectivity index (χ3n) is 2.87. The Bertz CT molecular complexity index is 510. The maximum atomic E-state index is 13.1. The lowest BCUT2D eigenvalue weighted by Gasteiger charge is -2.14. The Morgan fingerprint density at radius 1 is 1.48 bits per heavy atom. The number of rotatable bonds is 8. The predicted octanol–water partition coefficient (Wildman–Crippen LogP) is 2.13. The Hall–Kier alpha value is -1.47. The summed E-state index contributed by atoms with van der Waals surface area (Å²) in [6, 6.07) is 3.25. The van der Waals surface area contributed by atoms with Crippen LogP contribution in [0.3, 0.4) is 0 Å². The standard InChI is InChI=1S/C14H17BrFNO4/c1-21-7-6-12(14(19)20)17-13(18)5-2-9-8-10(16)3-4-11(9)15/h3-4,8,12H,2,5-7H2,1H3,(H,17,18)(H,19,20). The highest BCUT2D eigenvalue weighted by Gasteiger charge is 2.19. The second-order valence-electron chi connectivity index (χ2n) is 4.48. The number of carboxylic acid groups (broad SMARTS) is 1. The van der Waals surface area contributed by atoms with Crippen molar-refractivity contribution in [2.45, 2.75) is 25.3 Å². The molecule has 0 aliphatic heterocycles. The Kier molecular flexibility index (Phi) is 7.31. The molecule has 1 atom stereocenters. The van der Waals surface area contributed by atoms with Crippen LogP contribution in [-0.4, -0.2) is 36.7 Å². The number of halogens is 2. The third-order valence-corrected chi connectivity index (χ3v) is 3.65. The number of benzene rings is 1.